The van der Waals surface area contributed by atoms with Gasteiger partial charge in [0.05, 0.1) is 5.52 Å². The molecule has 4 aromatic heterocycles. The average molecular weight is 931 g/mol. The number of rotatable bonds is 7. The van der Waals surface area contributed by atoms with Crippen LogP contribution in [0.1, 0.15) is 0 Å². The molecule has 0 N–H and O–H groups in total. The molecule has 5 heterocycles. The van der Waals surface area contributed by atoms with Gasteiger partial charge < -0.3 is 0 Å². The number of para-hydroxylation sites is 1. The molecule has 0 fully saturated rings. The van der Waals surface area contributed by atoms with E-state index in [4.69, 9.17) is 9.97 Å². The van der Waals surface area contributed by atoms with E-state index in [2.05, 4.69) is 252 Å². The number of imidazole rings is 1. The molecule has 0 amide bonds. The minimum atomic E-state index is -3.10. The van der Waals surface area contributed by atoms with Crippen molar-refractivity contribution in [3.05, 3.63) is 255 Å². The highest BCUT2D eigenvalue weighted by molar-refractivity contribution is 7.31. The first-order valence-electron chi connectivity index (χ1n) is 23.6. The molecule has 14 rings (SSSR count). The van der Waals surface area contributed by atoms with Crippen LogP contribution in [0.4, 0.5) is 17.2 Å². The summed E-state index contributed by atoms with van der Waals surface area (Å²) in [5, 5.41) is 16.8. The van der Waals surface area contributed by atoms with E-state index in [1.165, 1.54) is 78.1 Å². The van der Waals surface area contributed by atoms with Crippen LogP contribution < -0.4 is 46.4 Å². The summed E-state index contributed by atoms with van der Waals surface area (Å²) in [7, 11) is -6.14. The molecular weight excluding hydrogens is 889 g/mol. The molecule has 0 spiro atoms. The monoisotopic (exact) mass is 930 g/mol. The molecule has 0 aliphatic carbocycles. The summed E-state index contributed by atoms with van der Waals surface area (Å²) < 4.78 is 4.89. The van der Waals surface area contributed by atoms with E-state index in [1.807, 2.05) is 23.7 Å². The summed E-state index contributed by atoms with van der Waals surface area (Å²) in [4.78, 5) is 13.0. The standard InChI is InChI=1S/C62H42N4SSi2/c1-5-20-44(21-6-1)68(45-22-7-2-8-23-45,49-34-35-50-51-29-13-15-31-55(51)65-40-39-64-61(65)54(50)42-49)48-28-17-19-43(41-48)66-56-37-36-53-52-30-14-16-32-57(52)67-59(53)60(56)69(46-24-9-3-10-25-46,47-26-11-4-12-27-47)58-33-18-38-63-62(58)66/h1-42H. The summed E-state index contributed by atoms with van der Waals surface area (Å²) in [5.74, 6) is 0.980. The molecule has 0 atom stereocenters. The largest absolute Gasteiger partial charge is 0.299 e. The topological polar surface area (TPSA) is 33.4 Å². The molecule has 0 radical (unpaired) electrons. The van der Waals surface area contributed by atoms with Crippen LogP contribution in [0.2, 0.25) is 0 Å². The number of fused-ring (bicyclic) bond motifs is 12. The highest BCUT2D eigenvalue weighted by Gasteiger charge is 2.51. The summed E-state index contributed by atoms with van der Waals surface area (Å²) in [6, 6.07) is 88.8. The van der Waals surface area contributed by atoms with E-state index < -0.39 is 16.1 Å². The maximum Gasteiger partial charge on any atom is 0.188 e. The van der Waals surface area contributed by atoms with Gasteiger partial charge in [0.1, 0.15) is 11.5 Å². The highest BCUT2D eigenvalue weighted by atomic mass is 32.1. The van der Waals surface area contributed by atoms with Crippen molar-refractivity contribution < 1.29 is 0 Å². The lowest BCUT2D eigenvalue weighted by atomic mass is 10.1. The minimum Gasteiger partial charge on any atom is -0.299 e. The third kappa shape index (κ3) is 5.72. The van der Waals surface area contributed by atoms with E-state index in [9.17, 15) is 0 Å². The predicted octanol–water partition coefficient (Wildman–Crippen LogP) is 9.94. The zero-order valence-corrected chi connectivity index (χ0v) is 40.3. The second kappa shape index (κ2) is 15.7. The van der Waals surface area contributed by atoms with E-state index in [1.54, 1.807) is 0 Å². The number of hydrogen-bond donors (Lipinski definition) is 0. The third-order valence-electron chi connectivity index (χ3n) is 14.7. The Morgan fingerprint density at radius 2 is 1.06 bits per heavy atom. The van der Waals surface area contributed by atoms with Crippen molar-refractivity contribution in [1.82, 2.24) is 14.4 Å². The first kappa shape index (κ1) is 39.9. The van der Waals surface area contributed by atoms with Crippen LogP contribution in [0.15, 0.2) is 255 Å². The quantitative estimate of drug-likeness (QED) is 0.0908. The zero-order chi connectivity index (χ0) is 45.5. The van der Waals surface area contributed by atoms with Gasteiger partial charge in [-0.15, -0.1) is 11.3 Å². The second-order valence-electron chi connectivity index (χ2n) is 18.1. The Morgan fingerprint density at radius 1 is 0.435 bits per heavy atom. The fourth-order valence-corrected chi connectivity index (χ4v) is 23.6. The average Bonchev–Trinajstić information content (AvgIpc) is 4.08. The van der Waals surface area contributed by atoms with Gasteiger partial charge in [-0.25, -0.2) is 9.97 Å². The number of aromatic nitrogens is 3. The first-order chi connectivity index (χ1) is 34.2. The molecule has 0 saturated carbocycles. The molecule has 9 aromatic carbocycles. The van der Waals surface area contributed by atoms with E-state index in [-0.39, 0.29) is 0 Å². The van der Waals surface area contributed by atoms with Gasteiger partial charge in [-0.1, -0.05) is 200 Å². The van der Waals surface area contributed by atoms with E-state index in [0.717, 1.165) is 28.1 Å². The molecule has 13 aromatic rings. The van der Waals surface area contributed by atoms with Crippen LogP contribution in [0, 0.1) is 0 Å². The second-order valence-corrected chi connectivity index (χ2v) is 26.6. The smallest absolute Gasteiger partial charge is 0.188 e. The fraction of sp³-hybridized carbons (Fsp3) is 0. The summed E-state index contributed by atoms with van der Waals surface area (Å²) in [6.07, 6.45) is 6.00. The minimum absolute atomic E-state index is 0.966. The van der Waals surface area contributed by atoms with Crippen LogP contribution in [0.5, 0.6) is 0 Å². The summed E-state index contributed by atoms with van der Waals surface area (Å²) in [5.41, 5.74) is 4.39. The number of benzene rings is 9. The van der Waals surface area contributed by atoms with Gasteiger partial charge in [-0.2, -0.15) is 0 Å². The molecule has 0 saturated heterocycles. The van der Waals surface area contributed by atoms with Crippen LogP contribution in [-0.2, 0) is 0 Å². The number of anilines is 3. The SMILES string of the molecule is c1ccc([Si](c2ccccc2)(c2cccc(N3c4ccc5c(sc6ccccc65)c4[Si](c4ccccc4)(c4ccccc4)c4cccnc43)c2)c2ccc3c4ccccc4n4ccnc4c3c2)cc1. The van der Waals surface area contributed by atoms with Crippen molar-refractivity contribution in [2.24, 2.45) is 0 Å². The van der Waals surface area contributed by atoms with Gasteiger partial charge in [0, 0.05) is 60.9 Å². The lowest BCUT2D eigenvalue weighted by molar-refractivity contribution is 1.19. The number of nitrogens with zero attached hydrogens (tertiary/aromatic N) is 4. The molecule has 324 valence electrons. The Balaban J connectivity index is 1.09. The van der Waals surface area contributed by atoms with Gasteiger partial charge in [0.2, 0.25) is 0 Å². The van der Waals surface area contributed by atoms with Crippen molar-refractivity contribution in [3.8, 4) is 0 Å². The van der Waals surface area contributed by atoms with Crippen LogP contribution in [-0.4, -0.2) is 30.5 Å². The summed E-state index contributed by atoms with van der Waals surface area (Å²) in [6.45, 7) is 0. The molecule has 1 aliphatic rings. The third-order valence-corrected chi connectivity index (χ3v) is 25.7. The van der Waals surface area contributed by atoms with Crippen LogP contribution in [0.3, 0.4) is 0 Å². The first-order valence-corrected chi connectivity index (χ1v) is 28.4. The maximum atomic E-state index is 5.46. The molecule has 4 nitrogen and oxygen atoms in total. The van der Waals surface area contributed by atoms with E-state index in [0.29, 0.717) is 0 Å². The Labute approximate surface area is 405 Å². The Bertz CT molecular complexity index is 4020. The fourth-order valence-electron chi connectivity index (χ4n) is 11.9. The van der Waals surface area contributed by atoms with Crippen molar-refractivity contribution in [2.45, 2.75) is 0 Å². The molecule has 0 bridgehead atoms. The molecular formula is C62H42N4SSi2. The highest BCUT2D eigenvalue weighted by Crippen LogP contribution is 2.43. The van der Waals surface area contributed by atoms with Gasteiger partial charge >= 0.3 is 0 Å². The predicted molar refractivity (Wildman–Crippen MR) is 296 cm³/mol. The van der Waals surface area contributed by atoms with Crippen LogP contribution >= 0.6 is 11.3 Å². The Hall–Kier alpha value is -8.21. The van der Waals surface area contributed by atoms with Gasteiger partial charge in [-0.05, 0) is 83.3 Å². The Kier molecular flexibility index (Phi) is 9.07. The number of thiophene rings is 1. The van der Waals surface area contributed by atoms with Gasteiger partial charge in [-0.3, -0.25) is 9.30 Å². The molecule has 7 heteroatoms. The van der Waals surface area contributed by atoms with Crippen LogP contribution in [0.25, 0.3) is 47.5 Å². The maximum absolute atomic E-state index is 5.46. The van der Waals surface area contributed by atoms with E-state index >= 15 is 0 Å². The van der Waals surface area contributed by atoms with Crippen molar-refractivity contribution >= 4 is 134 Å². The zero-order valence-electron chi connectivity index (χ0n) is 37.4. The molecule has 69 heavy (non-hydrogen) atoms. The van der Waals surface area contributed by atoms with Gasteiger partial charge in [0.15, 0.2) is 16.1 Å². The number of hydrogen-bond acceptors (Lipinski definition) is 4. The summed E-state index contributed by atoms with van der Waals surface area (Å²) >= 11 is 1.93. The lowest BCUT2D eigenvalue weighted by Gasteiger charge is -2.44. The van der Waals surface area contributed by atoms with Crippen molar-refractivity contribution in [2.75, 3.05) is 4.90 Å². The number of pyridine rings is 2. The van der Waals surface area contributed by atoms with Gasteiger partial charge in [0.25, 0.3) is 0 Å². The van der Waals surface area contributed by atoms with Crippen molar-refractivity contribution in [1.29, 1.82) is 0 Å². The van der Waals surface area contributed by atoms with Crippen molar-refractivity contribution in [3.63, 3.8) is 0 Å². The molecule has 0 unspecified atom stereocenters. The Morgan fingerprint density at radius 3 is 1.80 bits per heavy atom. The normalized spacial score (nSPS) is 13.3. The lowest BCUT2D eigenvalue weighted by Crippen LogP contribution is -2.77. The molecule has 1 aliphatic heterocycles.